The maximum Gasteiger partial charge on any atom is 0.276 e. The molecule has 0 saturated carbocycles. The van der Waals surface area contributed by atoms with Crippen molar-refractivity contribution in [2.24, 2.45) is 0 Å². The van der Waals surface area contributed by atoms with Gasteiger partial charge in [0.2, 0.25) is 11.8 Å². The van der Waals surface area contributed by atoms with Crippen molar-refractivity contribution < 1.29 is 9.21 Å². The molecule has 1 heterocycles. The maximum atomic E-state index is 12.0. The van der Waals surface area contributed by atoms with Crippen molar-refractivity contribution in [3.63, 3.8) is 0 Å². The Morgan fingerprint density at radius 1 is 1.19 bits per heavy atom. The van der Waals surface area contributed by atoms with Gasteiger partial charge >= 0.3 is 0 Å². The molecule has 3 aromatic rings. The highest BCUT2D eigenvalue weighted by molar-refractivity contribution is 7.99. The van der Waals surface area contributed by atoms with E-state index in [1.165, 1.54) is 11.8 Å². The Kier molecular flexibility index (Phi) is 5.66. The fourth-order valence-electron chi connectivity index (χ4n) is 2.32. The summed E-state index contributed by atoms with van der Waals surface area (Å²) in [4.78, 5) is 12.0. The molecule has 1 N–H and O–H groups in total. The summed E-state index contributed by atoms with van der Waals surface area (Å²) in [6, 6.07) is 16.7. The molecule has 1 amide bonds. The quantitative estimate of drug-likeness (QED) is 0.664. The molecule has 0 fully saturated rings. The average Bonchev–Trinajstić information content (AvgIpc) is 3.11. The average molecular weight is 364 g/mol. The Balaban J connectivity index is 1.53. The molecule has 1 aromatic heterocycles. The van der Waals surface area contributed by atoms with Crippen molar-refractivity contribution in [2.75, 3.05) is 11.1 Å². The van der Waals surface area contributed by atoms with Gasteiger partial charge in [0.15, 0.2) is 0 Å². The first-order valence-electron chi connectivity index (χ1n) is 7.98. The molecule has 0 atom stereocenters. The summed E-state index contributed by atoms with van der Waals surface area (Å²) in [6.45, 7) is 1.98. The van der Waals surface area contributed by atoms with Gasteiger partial charge in [0.05, 0.1) is 11.3 Å². The van der Waals surface area contributed by atoms with Crippen LogP contribution in [0.4, 0.5) is 5.69 Å². The normalized spacial score (nSPS) is 10.3. The van der Waals surface area contributed by atoms with Crippen molar-refractivity contribution in [2.45, 2.75) is 18.6 Å². The highest BCUT2D eigenvalue weighted by atomic mass is 32.2. The van der Waals surface area contributed by atoms with Crippen molar-refractivity contribution in [1.29, 1.82) is 5.26 Å². The van der Waals surface area contributed by atoms with E-state index in [0.717, 1.165) is 11.1 Å². The van der Waals surface area contributed by atoms with Crippen LogP contribution in [0.5, 0.6) is 0 Å². The number of amides is 1. The Hall–Kier alpha value is -3.11. The lowest BCUT2D eigenvalue weighted by Gasteiger charge is -2.05. The number of carbonyl (C=O) groups is 1. The van der Waals surface area contributed by atoms with E-state index in [0.29, 0.717) is 28.1 Å². The van der Waals surface area contributed by atoms with Gasteiger partial charge in [-0.05, 0) is 30.7 Å². The Labute approximate surface area is 155 Å². The molecule has 3 rings (SSSR count). The van der Waals surface area contributed by atoms with E-state index >= 15 is 0 Å². The van der Waals surface area contributed by atoms with Gasteiger partial charge in [-0.15, -0.1) is 10.2 Å². The van der Waals surface area contributed by atoms with E-state index in [2.05, 4.69) is 21.6 Å². The van der Waals surface area contributed by atoms with Crippen LogP contribution in [0.3, 0.4) is 0 Å². The number of hydrogen-bond donors (Lipinski definition) is 1. The van der Waals surface area contributed by atoms with E-state index in [-0.39, 0.29) is 12.3 Å². The maximum absolute atomic E-state index is 12.0. The fraction of sp³-hybridized carbons (Fsp3) is 0.158. The number of hydrogen-bond acceptors (Lipinski definition) is 6. The third-order valence-electron chi connectivity index (χ3n) is 3.66. The second-order valence-electron chi connectivity index (χ2n) is 5.49. The minimum Gasteiger partial charge on any atom is -0.411 e. The lowest BCUT2D eigenvalue weighted by atomic mass is 10.1. The Morgan fingerprint density at radius 2 is 1.96 bits per heavy atom. The first-order chi connectivity index (χ1) is 12.7. The number of benzene rings is 2. The van der Waals surface area contributed by atoms with Crippen LogP contribution in [0.1, 0.15) is 17.5 Å². The fourth-order valence-corrected chi connectivity index (χ4v) is 3.02. The molecule has 0 saturated heterocycles. The smallest absolute Gasteiger partial charge is 0.276 e. The molecule has 0 radical (unpaired) electrons. The van der Waals surface area contributed by atoms with Gasteiger partial charge in [0, 0.05) is 17.7 Å². The highest BCUT2D eigenvalue weighted by Gasteiger charge is 2.12. The second kappa shape index (κ2) is 8.32. The SMILES string of the molecule is Cc1ccccc1-c1nnc(SCCC(=O)Nc2ccccc2C#N)o1. The lowest BCUT2D eigenvalue weighted by Crippen LogP contribution is -2.13. The summed E-state index contributed by atoms with van der Waals surface area (Å²) in [5.74, 6) is 0.799. The Bertz CT molecular complexity index is 962. The molecule has 6 nitrogen and oxygen atoms in total. The number of rotatable bonds is 6. The van der Waals surface area contributed by atoms with Crippen LogP contribution >= 0.6 is 11.8 Å². The zero-order chi connectivity index (χ0) is 18.4. The molecule has 0 aliphatic heterocycles. The monoisotopic (exact) mass is 364 g/mol. The number of aryl methyl sites for hydroxylation is 1. The van der Waals surface area contributed by atoms with Crippen LogP contribution in [-0.4, -0.2) is 21.9 Å². The van der Waals surface area contributed by atoms with Gasteiger partial charge in [-0.25, -0.2) is 0 Å². The van der Waals surface area contributed by atoms with Crippen molar-refractivity contribution >= 4 is 23.4 Å². The van der Waals surface area contributed by atoms with Gasteiger partial charge in [-0.3, -0.25) is 4.79 Å². The molecule has 0 unspecified atom stereocenters. The summed E-state index contributed by atoms with van der Waals surface area (Å²) in [5.41, 5.74) is 2.92. The summed E-state index contributed by atoms with van der Waals surface area (Å²) in [7, 11) is 0. The molecule has 0 aliphatic rings. The van der Waals surface area contributed by atoms with Gasteiger partial charge in [0.1, 0.15) is 6.07 Å². The first-order valence-corrected chi connectivity index (χ1v) is 8.97. The molecular formula is C19H16N4O2S. The molecular weight excluding hydrogens is 348 g/mol. The topological polar surface area (TPSA) is 91.8 Å². The zero-order valence-corrected chi connectivity index (χ0v) is 14.9. The standard InChI is InChI=1S/C19H16N4O2S/c1-13-6-2-4-8-15(13)18-22-23-19(25-18)26-11-10-17(24)21-16-9-5-3-7-14(16)12-20/h2-9H,10-11H2,1H3,(H,21,24). The van der Waals surface area contributed by atoms with Gasteiger partial charge < -0.3 is 9.73 Å². The zero-order valence-electron chi connectivity index (χ0n) is 14.1. The van der Waals surface area contributed by atoms with E-state index < -0.39 is 0 Å². The first kappa shape index (κ1) is 17.7. The van der Waals surface area contributed by atoms with E-state index in [4.69, 9.17) is 9.68 Å². The van der Waals surface area contributed by atoms with E-state index in [1.54, 1.807) is 24.3 Å². The minimum atomic E-state index is -0.168. The van der Waals surface area contributed by atoms with Crippen LogP contribution in [0, 0.1) is 18.3 Å². The van der Waals surface area contributed by atoms with Crippen LogP contribution in [0.25, 0.3) is 11.5 Å². The third kappa shape index (κ3) is 4.29. The molecule has 2 aromatic carbocycles. The number of carbonyl (C=O) groups excluding carboxylic acids is 1. The molecule has 130 valence electrons. The number of thioether (sulfide) groups is 1. The van der Waals surface area contributed by atoms with Crippen molar-refractivity contribution in [3.8, 4) is 17.5 Å². The molecule has 0 bridgehead atoms. The number of nitrogens with zero attached hydrogens (tertiary/aromatic N) is 3. The highest BCUT2D eigenvalue weighted by Crippen LogP contribution is 2.25. The predicted octanol–water partition coefficient (Wildman–Crippen LogP) is 4.04. The van der Waals surface area contributed by atoms with E-state index in [9.17, 15) is 4.79 Å². The number of para-hydroxylation sites is 1. The third-order valence-corrected chi connectivity index (χ3v) is 4.48. The van der Waals surface area contributed by atoms with Crippen LogP contribution in [-0.2, 0) is 4.79 Å². The summed E-state index contributed by atoms with van der Waals surface area (Å²) >= 11 is 1.32. The summed E-state index contributed by atoms with van der Waals surface area (Å²) in [6.07, 6.45) is 0.270. The second-order valence-corrected chi connectivity index (χ2v) is 6.54. The molecule has 0 spiro atoms. The van der Waals surface area contributed by atoms with Crippen molar-refractivity contribution in [1.82, 2.24) is 10.2 Å². The van der Waals surface area contributed by atoms with Crippen LogP contribution < -0.4 is 5.32 Å². The van der Waals surface area contributed by atoms with Crippen LogP contribution in [0.2, 0.25) is 0 Å². The van der Waals surface area contributed by atoms with Gasteiger partial charge in [-0.2, -0.15) is 5.26 Å². The predicted molar refractivity (Wildman–Crippen MR) is 99.6 cm³/mol. The number of aromatic nitrogens is 2. The Morgan fingerprint density at radius 3 is 2.77 bits per heavy atom. The molecule has 7 heteroatoms. The largest absolute Gasteiger partial charge is 0.411 e. The van der Waals surface area contributed by atoms with Gasteiger partial charge in [-0.1, -0.05) is 42.1 Å². The summed E-state index contributed by atoms with van der Waals surface area (Å²) < 4.78 is 5.65. The molecule has 26 heavy (non-hydrogen) atoms. The lowest BCUT2D eigenvalue weighted by molar-refractivity contribution is -0.115. The minimum absolute atomic E-state index is 0.168. The van der Waals surface area contributed by atoms with Gasteiger partial charge in [0.25, 0.3) is 5.22 Å². The molecule has 0 aliphatic carbocycles. The number of nitriles is 1. The van der Waals surface area contributed by atoms with E-state index in [1.807, 2.05) is 31.2 Å². The number of nitrogens with one attached hydrogen (secondary N) is 1. The van der Waals surface area contributed by atoms with Crippen LogP contribution in [0.15, 0.2) is 58.2 Å². The van der Waals surface area contributed by atoms with Crippen molar-refractivity contribution in [3.05, 3.63) is 59.7 Å². The summed E-state index contributed by atoms with van der Waals surface area (Å²) in [5, 5.41) is 20.3. The number of anilines is 1.